The van der Waals surface area contributed by atoms with Crippen LogP contribution in [0.25, 0.3) is 0 Å². The highest BCUT2D eigenvalue weighted by Crippen LogP contribution is 2.59. The second-order valence-corrected chi connectivity index (χ2v) is 5.01. The van der Waals surface area contributed by atoms with Crippen LogP contribution in [0.2, 0.25) is 0 Å². The second-order valence-electron chi connectivity index (χ2n) is 5.01. The average Bonchev–Trinajstić information content (AvgIpc) is 2.11. The Kier molecular flexibility index (Phi) is 1.73. The Bertz CT molecular complexity index is 261. The van der Waals surface area contributed by atoms with Crippen molar-refractivity contribution in [3.8, 4) is 0 Å². The van der Waals surface area contributed by atoms with Crippen LogP contribution >= 0.6 is 0 Å². The molecule has 2 nitrogen and oxygen atoms in total. The van der Waals surface area contributed by atoms with Gasteiger partial charge in [0.05, 0.1) is 12.6 Å². The van der Waals surface area contributed by atoms with Crippen LogP contribution in [-0.4, -0.2) is 18.5 Å². The third-order valence-electron chi connectivity index (χ3n) is 4.54. The van der Waals surface area contributed by atoms with Gasteiger partial charge >= 0.3 is 0 Å². The van der Waals surface area contributed by atoms with E-state index in [0.29, 0.717) is 11.3 Å². The molecular formula is C11H19NO. The zero-order chi connectivity index (χ0) is 9.69. The number of rotatable bonds is 0. The highest BCUT2D eigenvalue weighted by atomic mass is 16.5. The van der Waals surface area contributed by atoms with Crippen LogP contribution in [0, 0.1) is 11.3 Å². The predicted molar refractivity (Wildman–Crippen MR) is 54.0 cm³/mol. The summed E-state index contributed by atoms with van der Waals surface area (Å²) in [6.07, 6.45) is 3.56. The minimum Gasteiger partial charge on any atom is -0.484 e. The van der Waals surface area contributed by atoms with Gasteiger partial charge in [0, 0.05) is 6.42 Å². The minimum absolute atomic E-state index is 0.163. The molecule has 3 atom stereocenters. The Hall–Kier alpha value is -0.530. The topological polar surface area (TPSA) is 21.6 Å². The quantitative estimate of drug-likeness (QED) is 0.563. The van der Waals surface area contributed by atoms with E-state index in [9.17, 15) is 0 Å². The lowest BCUT2D eigenvalue weighted by Crippen LogP contribution is -2.58. The van der Waals surface area contributed by atoms with E-state index < -0.39 is 0 Å². The lowest BCUT2D eigenvalue weighted by molar-refractivity contribution is -0.0315. The molecule has 2 heteroatoms. The Morgan fingerprint density at radius 2 is 2.08 bits per heavy atom. The number of hydrogen-bond donors (Lipinski definition) is 0. The van der Waals surface area contributed by atoms with Gasteiger partial charge < -0.3 is 4.74 Å². The molecule has 0 saturated heterocycles. The largest absolute Gasteiger partial charge is 0.484 e. The minimum atomic E-state index is 0.163. The Balaban J connectivity index is 2.33. The third kappa shape index (κ3) is 0.976. The van der Waals surface area contributed by atoms with Gasteiger partial charge in [0.1, 0.15) is 0 Å². The average molecular weight is 181 g/mol. The van der Waals surface area contributed by atoms with Gasteiger partial charge in [-0.25, -0.2) is 4.99 Å². The van der Waals surface area contributed by atoms with Crippen LogP contribution in [0.3, 0.4) is 0 Å². The molecule has 2 aliphatic rings. The fraction of sp³-hybridized carbons (Fsp3) is 0.909. The molecule has 0 spiro atoms. The zero-order valence-corrected chi connectivity index (χ0v) is 9.05. The lowest BCUT2D eigenvalue weighted by atomic mass is 9.50. The number of hydrogen-bond acceptors (Lipinski definition) is 2. The zero-order valence-electron chi connectivity index (χ0n) is 9.05. The fourth-order valence-electron chi connectivity index (χ4n) is 2.78. The molecule has 0 aromatic rings. The summed E-state index contributed by atoms with van der Waals surface area (Å²) >= 11 is 0. The molecule has 0 bridgehead atoms. The van der Waals surface area contributed by atoms with E-state index in [0.717, 1.165) is 12.3 Å². The van der Waals surface area contributed by atoms with Crippen molar-refractivity contribution in [2.45, 2.75) is 45.6 Å². The number of methoxy groups -OCH3 is 1. The van der Waals surface area contributed by atoms with E-state index in [1.165, 1.54) is 12.8 Å². The van der Waals surface area contributed by atoms with Gasteiger partial charge in [-0.05, 0) is 31.1 Å². The monoisotopic (exact) mass is 181 g/mol. The highest BCUT2D eigenvalue weighted by molar-refractivity contribution is 5.78. The molecule has 3 unspecified atom stereocenters. The second kappa shape index (κ2) is 2.49. The first-order valence-corrected chi connectivity index (χ1v) is 5.14. The van der Waals surface area contributed by atoms with Gasteiger partial charge in [0.15, 0.2) is 5.90 Å². The van der Waals surface area contributed by atoms with Crippen LogP contribution in [-0.2, 0) is 4.74 Å². The van der Waals surface area contributed by atoms with Gasteiger partial charge in [-0.2, -0.15) is 0 Å². The third-order valence-corrected chi connectivity index (χ3v) is 4.54. The van der Waals surface area contributed by atoms with E-state index in [1.54, 1.807) is 7.11 Å². The maximum absolute atomic E-state index is 5.27. The molecular weight excluding hydrogens is 162 g/mol. The summed E-state index contributed by atoms with van der Waals surface area (Å²) in [5, 5.41) is 0. The van der Waals surface area contributed by atoms with Crippen molar-refractivity contribution in [2.75, 3.05) is 7.11 Å². The number of fused-ring (bicyclic) bond motifs is 1. The molecule has 1 fully saturated rings. The van der Waals surface area contributed by atoms with Crippen LogP contribution in [0.15, 0.2) is 4.99 Å². The molecule has 1 aliphatic heterocycles. The maximum Gasteiger partial charge on any atom is 0.183 e. The molecule has 0 aromatic heterocycles. The van der Waals surface area contributed by atoms with Crippen molar-refractivity contribution < 1.29 is 4.74 Å². The number of nitrogens with zero attached hydrogens (tertiary/aromatic N) is 1. The van der Waals surface area contributed by atoms with E-state index in [2.05, 4.69) is 20.8 Å². The molecule has 2 rings (SSSR count). The van der Waals surface area contributed by atoms with Crippen molar-refractivity contribution >= 4 is 5.90 Å². The van der Waals surface area contributed by atoms with Crippen molar-refractivity contribution in [2.24, 2.45) is 16.3 Å². The lowest BCUT2D eigenvalue weighted by Gasteiger charge is -2.59. The van der Waals surface area contributed by atoms with E-state index >= 15 is 0 Å². The first-order chi connectivity index (χ1) is 6.02. The van der Waals surface area contributed by atoms with Crippen LogP contribution in [0.5, 0.6) is 0 Å². The van der Waals surface area contributed by atoms with Gasteiger partial charge in [-0.3, -0.25) is 0 Å². The summed E-state index contributed by atoms with van der Waals surface area (Å²) in [6.45, 7) is 6.97. The summed E-state index contributed by atoms with van der Waals surface area (Å²) in [5.74, 6) is 1.66. The molecule has 1 heterocycles. The number of aliphatic imine (C=N–C) groups is 1. The smallest absolute Gasteiger partial charge is 0.183 e. The first-order valence-electron chi connectivity index (χ1n) is 5.14. The standard InChI is InChI=1S/C11H19NO/c1-8-7-9(13-4)12-11(3)6-5-10(8,11)2/h8H,5-7H2,1-4H3. The fourth-order valence-corrected chi connectivity index (χ4v) is 2.78. The SMILES string of the molecule is COC1=NC2(C)CCC2(C)C(C)C1. The number of ether oxygens (including phenoxy) is 1. The Labute approximate surface area is 80.4 Å². The summed E-state index contributed by atoms with van der Waals surface area (Å²) in [4.78, 5) is 4.72. The van der Waals surface area contributed by atoms with Crippen molar-refractivity contribution in [3.63, 3.8) is 0 Å². The van der Waals surface area contributed by atoms with Crippen molar-refractivity contribution in [1.29, 1.82) is 0 Å². The molecule has 0 radical (unpaired) electrons. The van der Waals surface area contributed by atoms with Crippen LogP contribution in [0.4, 0.5) is 0 Å². The summed E-state index contributed by atoms with van der Waals surface area (Å²) < 4.78 is 5.27. The highest BCUT2D eigenvalue weighted by Gasteiger charge is 2.58. The Morgan fingerprint density at radius 3 is 2.46 bits per heavy atom. The van der Waals surface area contributed by atoms with Gasteiger partial charge in [-0.15, -0.1) is 0 Å². The van der Waals surface area contributed by atoms with E-state index in [1.807, 2.05) is 0 Å². The van der Waals surface area contributed by atoms with Gasteiger partial charge in [0.25, 0.3) is 0 Å². The molecule has 0 N–H and O–H groups in total. The van der Waals surface area contributed by atoms with Gasteiger partial charge in [-0.1, -0.05) is 13.8 Å². The maximum atomic E-state index is 5.27. The normalized spacial score (nSPS) is 48.9. The molecule has 13 heavy (non-hydrogen) atoms. The van der Waals surface area contributed by atoms with E-state index in [4.69, 9.17) is 9.73 Å². The molecule has 1 aliphatic carbocycles. The molecule has 1 saturated carbocycles. The van der Waals surface area contributed by atoms with Crippen molar-refractivity contribution in [1.82, 2.24) is 0 Å². The van der Waals surface area contributed by atoms with E-state index in [-0.39, 0.29) is 5.54 Å². The van der Waals surface area contributed by atoms with Gasteiger partial charge in [0.2, 0.25) is 0 Å². The summed E-state index contributed by atoms with van der Waals surface area (Å²) in [6, 6.07) is 0. The Morgan fingerprint density at radius 1 is 1.38 bits per heavy atom. The summed E-state index contributed by atoms with van der Waals surface area (Å²) in [7, 11) is 1.73. The van der Waals surface area contributed by atoms with Crippen molar-refractivity contribution in [3.05, 3.63) is 0 Å². The predicted octanol–water partition coefficient (Wildman–Crippen LogP) is 2.63. The summed E-state index contributed by atoms with van der Waals surface area (Å²) in [5.41, 5.74) is 0.588. The molecule has 0 aromatic carbocycles. The van der Waals surface area contributed by atoms with Crippen LogP contribution in [0.1, 0.15) is 40.0 Å². The van der Waals surface area contributed by atoms with Crippen LogP contribution < -0.4 is 0 Å². The molecule has 74 valence electrons. The first kappa shape index (κ1) is 9.04. The molecule has 0 amide bonds.